The number of carbonyl (C=O) groups is 2. The maximum Gasteiger partial charge on any atom is 0.311 e. The third-order valence-electron chi connectivity index (χ3n) is 7.37. The predicted octanol–water partition coefficient (Wildman–Crippen LogP) is 1.77. The van der Waals surface area contributed by atoms with Crippen LogP contribution in [0, 0.1) is 5.92 Å². The number of Topliss-reactive ketones (excluding diaryl/α,β-unsaturated/α-hetero) is 1. The fourth-order valence-electron chi connectivity index (χ4n) is 6.17. The van der Waals surface area contributed by atoms with Crippen LogP contribution in [0.3, 0.4) is 0 Å². The highest BCUT2D eigenvalue weighted by molar-refractivity contribution is 5.92. The van der Waals surface area contributed by atoms with Crippen molar-refractivity contribution in [2.75, 3.05) is 13.6 Å². The molecule has 2 aliphatic heterocycles. The normalized spacial score (nSPS) is 37.2. The number of esters is 1. The number of aliphatic hydroxyl groups excluding tert-OH is 1. The zero-order valence-corrected chi connectivity index (χ0v) is 16.4. The molecule has 2 aliphatic carbocycles. The minimum absolute atomic E-state index is 0.0597. The highest BCUT2D eigenvalue weighted by Crippen LogP contribution is 2.66. The molecule has 0 unspecified atom stereocenters. The number of rotatable bonds is 3. The lowest BCUT2D eigenvalue weighted by Crippen LogP contribution is -2.73. The maximum atomic E-state index is 13.1. The Morgan fingerprint density at radius 2 is 2.14 bits per heavy atom. The van der Waals surface area contributed by atoms with Gasteiger partial charge >= 0.3 is 5.97 Å². The summed E-state index contributed by atoms with van der Waals surface area (Å²) in [7, 11) is 2.12. The number of hydrogen-bond donors (Lipinski definition) is 1. The Morgan fingerprint density at radius 3 is 2.86 bits per heavy atom. The van der Waals surface area contributed by atoms with Gasteiger partial charge in [0.1, 0.15) is 6.10 Å². The van der Waals surface area contributed by atoms with Crippen LogP contribution in [0.25, 0.3) is 0 Å². The maximum absolute atomic E-state index is 13.1. The fraction of sp³-hybridized carbons (Fsp3) is 0.545. The molecule has 148 valence electrons. The Bertz CT molecular complexity index is 924. The van der Waals surface area contributed by atoms with Crippen molar-refractivity contribution in [2.24, 2.45) is 5.92 Å². The molecule has 4 aliphatic rings. The summed E-state index contributed by atoms with van der Waals surface area (Å²) in [4.78, 5) is 27.4. The molecule has 0 aromatic heterocycles. The van der Waals surface area contributed by atoms with Gasteiger partial charge in [-0.25, -0.2) is 0 Å². The second-order valence-corrected chi connectivity index (χ2v) is 8.48. The lowest BCUT2D eigenvalue weighted by atomic mass is 9.48. The molecule has 1 saturated heterocycles. The summed E-state index contributed by atoms with van der Waals surface area (Å²) in [5.74, 6) is 0.332. The summed E-state index contributed by atoms with van der Waals surface area (Å²) in [6.07, 6.45) is 4.53. The Labute approximate surface area is 164 Å². The number of hydrogen-bond acceptors (Lipinski definition) is 6. The Kier molecular flexibility index (Phi) is 3.62. The molecule has 5 atom stereocenters. The van der Waals surface area contributed by atoms with Crippen LogP contribution in [-0.4, -0.2) is 53.1 Å². The van der Waals surface area contributed by atoms with Crippen molar-refractivity contribution < 1.29 is 24.2 Å². The van der Waals surface area contributed by atoms with Crippen LogP contribution < -0.4 is 9.47 Å². The van der Waals surface area contributed by atoms with Crippen LogP contribution >= 0.6 is 0 Å². The molecular weight excluding hydrogens is 358 g/mol. The van der Waals surface area contributed by atoms with Gasteiger partial charge in [-0.1, -0.05) is 25.1 Å². The van der Waals surface area contributed by atoms with Crippen LogP contribution in [0.2, 0.25) is 0 Å². The summed E-state index contributed by atoms with van der Waals surface area (Å²) in [5, 5.41) is 11.0. The van der Waals surface area contributed by atoms with E-state index in [9.17, 15) is 14.7 Å². The largest absolute Gasteiger partial charge is 0.471 e. The summed E-state index contributed by atoms with van der Waals surface area (Å²) < 4.78 is 12.0. The number of ether oxygens (including phenoxy) is 2. The Hall–Kier alpha value is -2.18. The molecule has 1 N–H and O–H groups in total. The van der Waals surface area contributed by atoms with Gasteiger partial charge in [-0.3, -0.25) is 9.59 Å². The minimum Gasteiger partial charge on any atom is -0.471 e. The number of aliphatic hydroxyl groups is 1. The fourth-order valence-corrected chi connectivity index (χ4v) is 6.17. The van der Waals surface area contributed by atoms with Crippen LogP contribution in [0.5, 0.6) is 11.5 Å². The van der Waals surface area contributed by atoms with E-state index in [-0.39, 0.29) is 30.1 Å². The third kappa shape index (κ3) is 1.85. The quantitative estimate of drug-likeness (QED) is 0.487. The van der Waals surface area contributed by atoms with Crippen LogP contribution in [0.1, 0.15) is 37.8 Å². The highest BCUT2D eigenvalue weighted by atomic mass is 16.6. The van der Waals surface area contributed by atoms with E-state index in [2.05, 4.69) is 18.0 Å². The molecule has 2 bridgehead atoms. The van der Waals surface area contributed by atoms with Crippen molar-refractivity contribution in [3.8, 4) is 11.5 Å². The van der Waals surface area contributed by atoms with Gasteiger partial charge < -0.3 is 19.5 Å². The molecule has 2 heterocycles. The van der Waals surface area contributed by atoms with Crippen molar-refractivity contribution in [1.29, 1.82) is 0 Å². The minimum atomic E-state index is -1.38. The average Bonchev–Trinajstić information content (AvgIpc) is 3.00. The van der Waals surface area contributed by atoms with Crippen molar-refractivity contribution in [3.05, 3.63) is 35.4 Å². The van der Waals surface area contributed by atoms with E-state index in [0.29, 0.717) is 17.9 Å². The van der Waals surface area contributed by atoms with Crippen molar-refractivity contribution >= 4 is 11.8 Å². The van der Waals surface area contributed by atoms with Crippen LogP contribution in [0.15, 0.2) is 24.3 Å². The van der Waals surface area contributed by atoms with E-state index in [1.807, 2.05) is 6.07 Å². The topological polar surface area (TPSA) is 76.1 Å². The van der Waals surface area contributed by atoms with Gasteiger partial charge in [-0.05, 0) is 45.0 Å². The third-order valence-corrected chi connectivity index (χ3v) is 7.37. The van der Waals surface area contributed by atoms with Gasteiger partial charge in [0.05, 0.1) is 5.41 Å². The van der Waals surface area contributed by atoms with E-state index < -0.39 is 17.1 Å². The summed E-state index contributed by atoms with van der Waals surface area (Å²) in [5.41, 5.74) is 0.0615. The highest BCUT2D eigenvalue weighted by Gasteiger charge is 2.74. The summed E-state index contributed by atoms with van der Waals surface area (Å²) >= 11 is 0. The predicted molar refractivity (Wildman–Crippen MR) is 101 cm³/mol. The molecule has 5 rings (SSSR count). The number of piperidine rings is 1. The summed E-state index contributed by atoms with van der Waals surface area (Å²) in [6.45, 7) is 4.05. The van der Waals surface area contributed by atoms with E-state index in [0.717, 1.165) is 24.1 Å². The SMILES string of the molecule is CCC(=O)Oc1ccc2c3c1O[C@@]1(C(C)=O)[C@@H](O)C=C[C@H]4[C@@H](C2)N(C)CC[C@@]341. The number of benzene rings is 1. The molecule has 1 aromatic carbocycles. The Balaban J connectivity index is 1.81. The van der Waals surface area contributed by atoms with Gasteiger partial charge in [0.2, 0.25) is 5.60 Å². The van der Waals surface area contributed by atoms with E-state index in [4.69, 9.17) is 9.47 Å². The number of carbonyl (C=O) groups excluding carboxylic acids is 2. The molecule has 0 saturated carbocycles. The van der Waals surface area contributed by atoms with Gasteiger partial charge in [0.25, 0.3) is 0 Å². The van der Waals surface area contributed by atoms with Crippen LogP contribution in [-0.2, 0) is 21.4 Å². The van der Waals surface area contributed by atoms with Gasteiger partial charge in [-0.15, -0.1) is 0 Å². The van der Waals surface area contributed by atoms with Gasteiger partial charge in [-0.2, -0.15) is 0 Å². The molecule has 0 radical (unpaired) electrons. The van der Waals surface area contributed by atoms with E-state index in [1.165, 1.54) is 6.92 Å². The lowest BCUT2D eigenvalue weighted by Gasteiger charge is -2.60. The first-order valence-corrected chi connectivity index (χ1v) is 10.0. The molecule has 1 aromatic rings. The first-order valence-electron chi connectivity index (χ1n) is 10.0. The number of likely N-dealkylation sites (N-methyl/N-ethyl adjacent to an activating group) is 1. The Morgan fingerprint density at radius 1 is 1.36 bits per heavy atom. The number of ketones is 1. The molecule has 28 heavy (non-hydrogen) atoms. The molecule has 1 spiro atoms. The molecule has 6 heteroatoms. The standard InChI is InChI=1S/C22H25NO5/c1-4-18(26)27-16-7-5-13-11-15-14-6-8-17(25)22(12(2)24)21(14,9-10-23(15)3)19(13)20(16)28-22/h5-8,14-15,17,25H,4,9-11H2,1-3H3/t14-,15+,17-,21-,22-/m0/s1. The second kappa shape index (κ2) is 5.67. The zero-order valence-electron chi connectivity index (χ0n) is 16.4. The van der Waals surface area contributed by atoms with Crippen LogP contribution in [0.4, 0.5) is 0 Å². The van der Waals surface area contributed by atoms with E-state index in [1.54, 1.807) is 19.1 Å². The van der Waals surface area contributed by atoms with Gasteiger partial charge in [0, 0.05) is 23.9 Å². The first-order chi connectivity index (χ1) is 13.4. The van der Waals surface area contributed by atoms with Crippen molar-refractivity contribution in [2.45, 2.75) is 56.3 Å². The molecular formula is C22H25NO5. The first kappa shape index (κ1) is 17.9. The van der Waals surface area contributed by atoms with Crippen molar-refractivity contribution in [3.63, 3.8) is 0 Å². The number of likely N-dealkylation sites (tertiary alicyclic amines) is 1. The zero-order chi connectivity index (χ0) is 19.8. The summed E-state index contributed by atoms with van der Waals surface area (Å²) in [6, 6.07) is 3.99. The number of nitrogens with zero attached hydrogens (tertiary/aromatic N) is 1. The second-order valence-electron chi connectivity index (χ2n) is 8.48. The molecule has 0 amide bonds. The average molecular weight is 383 g/mol. The smallest absolute Gasteiger partial charge is 0.311 e. The lowest BCUT2D eigenvalue weighted by molar-refractivity contribution is -0.159. The van der Waals surface area contributed by atoms with Crippen molar-refractivity contribution in [1.82, 2.24) is 4.90 Å². The van der Waals surface area contributed by atoms with E-state index >= 15 is 0 Å². The molecule has 1 fully saturated rings. The molecule has 6 nitrogen and oxygen atoms in total. The monoisotopic (exact) mass is 383 g/mol. The van der Waals surface area contributed by atoms with Gasteiger partial charge in [0.15, 0.2) is 17.3 Å².